The second-order valence-electron chi connectivity index (χ2n) is 4.13. The Balaban J connectivity index is 2.49. The lowest BCUT2D eigenvalue weighted by molar-refractivity contribution is -0.134. The fourth-order valence-corrected chi connectivity index (χ4v) is 1.58. The number of hydrogen-bond donors (Lipinski definition) is 1. The standard InChI is InChI=1S/C10H20N2O/c1-4-5-12(7(2)3)10(13)8-6-9(8)11/h7-9H,4-6,11H2,1-3H3. The smallest absolute Gasteiger partial charge is 0.227 e. The second-order valence-corrected chi connectivity index (χ2v) is 4.13. The van der Waals surface area contributed by atoms with Crippen molar-refractivity contribution < 1.29 is 4.79 Å². The molecule has 1 aliphatic rings. The highest BCUT2D eigenvalue weighted by atomic mass is 16.2. The minimum atomic E-state index is 0.119. The Morgan fingerprint density at radius 2 is 2.15 bits per heavy atom. The molecule has 2 atom stereocenters. The van der Waals surface area contributed by atoms with Crippen LogP contribution < -0.4 is 5.73 Å². The molecule has 1 aliphatic carbocycles. The van der Waals surface area contributed by atoms with Gasteiger partial charge in [0.2, 0.25) is 5.91 Å². The van der Waals surface area contributed by atoms with E-state index in [4.69, 9.17) is 5.73 Å². The van der Waals surface area contributed by atoms with E-state index in [1.54, 1.807) is 0 Å². The molecule has 13 heavy (non-hydrogen) atoms. The molecule has 1 rings (SSSR count). The quantitative estimate of drug-likeness (QED) is 0.708. The number of carbonyl (C=O) groups is 1. The first kappa shape index (κ1) is 10.5. The lowest BCUT2D eigenvalue weighted by Gasteiger charge is -2.26. The largest absolute Gasteiger partial charge is 0.340 e. The molecule has 2 unspecified atom stereocenters. The summed E-state index contributed by atoms with van der Waals surface area (Å²) in [6, 6.07) is 0.436. The van der Waals surface area contributed by atoms with Gasteiger partial charge < -0.3 is 10.6 Å². The van der Waals surface area contributed by atoms with Crippen LogP contribution in [0.15, 0.2) is 0 Å². The van der Waals surface area contributed by atoms with Crippen LogP contribution in [0.25, 0.3) is 0 Å². The van der Waals surface area contributed by atoms with Crippen molar-refractivity contribution in [2.75, 3.05) is 6.54 Å². The van der Waals surface area contributed by atoms with E-state index < -0.39 is 0 Å². The number of hydrogen-bond acceptors (Lipinski definition) is 2. The van der Waals surface area contributed by atoms with Gasteiger partial charge in [0.1, 0.15) is 0 Å². The molecule has 0 aromatic carbocycles. The van der Waals surface area contributed by atoms with Crippen LogP contribution in [0.2, 0.25) is 0 Å². The zero-order valence-corrected chi connectivity index (χ0v) is 8.79. The Morgan fingerprint density at radius 1 is 1.62 bits per heavy atom. The zero-order valence-electron chi connectivity index (χ0n) is 8.79. The summed E-state index contributed by atoms with van der Waals surface area (Å²) in [4.78, 5) is 13.7. The summed E-state index contributed by atoms with van der Waals surface area (Å²) < 4.78 is 0. The summed E-state index contributed by atoms with van der Waals surface area (Å²) in [5, 5.41) is 0. The molecule has 3 nitrogen and oxygen atoms in total. The van der Waals surface area contributed by atoms with Gasteiger partial charge in [0.05, 0.1) is 5.92 Å². The highest BCUT2D eigenvalue weighted by Gasteiger charge is 2.42. The molecule has 3 heteroatoms. The van der Waals surface area contributed by atoms with E-state index in [1.807, 2.05) is 4.90 Å². The van der Waals surface area contributed by atoms with Crippen LogP contribution in [-0.4, -0.2) is 29.4 Å². The van der Waals surface area contributed by atoms with Gasteiger partial charge in [-0.2, -0.15) is 0 Å². The molecule has 0 aromatic rings. The van der Waals surface area contributed by atoms with Gasteiger partial charge in [0, 0.05) is 18.6 Å². The summed E-state index contributed by atoms with van der Waals surface area (Å²) >= 11 is 0. The van der Waals surface area contributed by atoms with Gasteiger partial charge >= 0.3 is 0 Å². The van der Waals surface area contributed by atoms with Crippen LogP contribution >= 0.6 is 0 Å². The summed E-state index contributed by atoms with van der Waals surface area (Å²) in [5.74, 6) is 0.373. The summed E-state index contributed by atoms with van der Waals surface area (Å²) in [5.41, 5.74) is 5.65. The lowest BCUT2D eigenvalue weighted by atomic mass is 10.2. The molecule has 0 aliphatic heterocycles. The molecular weight excluding hydrogens is 164 g/mol. The molecule has 0 radical (unpaired) electrons. The summed E-state index contributed by atoms with van der Waals surface area (Å²) in [6.45, 7) is 7.07. The second kappa shape index (κ2) is 4.09. The molecule has 0 aromatic heterocycles. The SMILES string of the molecule is CCCN(C(=O)C1CC1N)C(C)C. The first-order valence-corrected chi connectivity index (χ1v) is 5.14. The van der Waals surface area contributed by atoms with Gasteiger partial charge in [0.25, 0.3) is 0 Å². The van der Waals surface area contributed by atoms with E-state index in [0.29, 0.717) is 6.04 Å². The van der Waals surface area contributed by atoms with Crippen LogP contribution in [0.1, 0.15) is 33.6 Å². The highest BCUT2D eigenvalue weighted by molar-refractivity contribution is 5.82. The molecule has 76 valence electrons. The van der Waals surface area contributed by atoms with Crippen molar-refractivity contribution >= 4 is 5.91 Å². The molecule has 2 N–H and O–H groups in total. The van der Waals surface area contributed by atoms with Gasteiger partial charge in [-0.25, -0.2) is 0 Å². The number of carbonyl (C=O) groups excluding carboxylic acids is 1. The lowest BCUT2D eigenvalue weighted by Crippen LogP contribution is -2.39. The predicted molar refractivity (Wildman–Crippen MR) is 53.2 cm³/mol. The van der Waals surface area contributed by atoms with Crippen molar-refractivity contribution in [1.82, 2.24) is 4.90 Å². The maximum absolute atomic E-state index is 11.8. The third kappa shape index (κ3) is 2.44. The Hall–Kier alpha value is -0.570. The molecule has 1 saturated carbocycles. The fourth-order valence-electron chi connectivity index (χ4n) is 1.58. The van der Waals surface area contributed by atoms with E-state index in [2.05, 4.69) is 20.8 Å². The summed E-state index contributed by atoms with van der Waals surface area (Å²) in [6.07, 6.45) is 1.90. The number of nitrogens with two attached hydrogens (primary N) is 1. The van der Waals surface area contributed by atoms with E-state index in [1.165, 1.54) is 0 Å². The highest BCUT2D eigenvalue weighted by Crippen LogP contribution is 2.30. The monoisotopic (exact) mass is 184 g/mol. The minimum Gasteiger partial charge on any atom is -0.340 e. The average Bonchev–Trinajstić information content (AvgIpc) is 2.76. The van der Waals surface area contributed by atoms with E-state index >= 15 is 0 Å². The molecule has 0 heterocycles. The average molecular weight is 184 g/mol. The Labute approximate surface area is 80.3 Å². The Kier molecular flexibility index (Phi) is 3.31. The molecule has 0 spiro atoms. The normalized spacial score (nSPS) is 26.2. The van der Waals surface area contributed by atoms with Gasteiger partial charge in [-0.1, -0.05) is 6.92 Å². The first-order chi connectivity index (χ1) is 6.07. The third-order valence-electron chi connectivity index (χ3n) is 2.53. The number of amides is 1. The fraction of sp³-hybridized carbons (Fsp3) is 0.900. The minimum absolute atomic E-state index is 0.119. The Morgan fingerprint density at radius 3 is 2.46 bits per heavy atom. The van der Waals surface area contributed by atoms with E-state index in [9.17, 15) is 4.79 Å². The summed E-state index contributed by atoms with van der Waals surface area (Å²) in [7, 11) is 0. The van der Waals surface area contributed by atoms with Crippen molar-refractivity contribution in [3.05, 3.63) is 0 Å². The Bertz CT molecular complexity index is 191. The van der Waals surface area contributed by atoms with Crippen LogP contribution in [0.4, 0.5) is 0 Å². The zero-order chi connectivity index (χ0) is 10.0. The topological polar surface area (TPSA) is 46.3 Å². The van der Waals surface area contributed by atoms with Gasteiger partial charge in [-0.3, -0.25) is 4.79 Å². The van der Waals surface area contributed by atoms with E-state index in [0.717, 1.165) is 19.4 Å². The van der Waals surface area contributed by atoms with E-state index in [-0.39, 0.29) is 17.9 Å². The molecule has 0 saturated heterocycles. The third-order valence-corrected chi connectivity index (χ3v) is 2.53. The number of nitrogens with zero attached hydrogens (tertiary/aromatic N) is 1. The number of rotatable bonds is 4. The maximum atomic E-state index is 11.8. The van der Waals surface area contributed by atoms with Gasteiger partial charge in [-0.15, -0.1) is 0 Å². The first-order valence-electron chi connectivity index (χ1n) is 5.14. The molecule has 1 fully saturated rings. The van der Waals surface area contributed by atoms with Crippen LogP contribution in [0.3, 0.4) is 0 Å². The van der Waals surface area contributed by atoms with Crippen molar-refractivity contribution in [1.29, 1.82) is 0 Å². The molecule has 0 bridgehead atoms. The molecule has 1 amide bonds. The van der Waals surface area contributed by atoms with Gasteiger partial charge in [0.15, 0.2) is 0 Å². The van der Waals surface area contributed by atoms with Gasteiger partial charge in [-0.05, 0) is 26.7 Å². The maximum Gasteiger partial charge on any atom is 0.227 e. The van der Waals surface area contributed by atoms with Crippen LogP contribution in [-0.2, 0) is 4.79 Å². The van der Waals surface area contributed by atoms with Crippen molar-refractivity contribution in [2.45, 2.75) is 45.7 Å². The predicted octanol–water partition coefficient (Wildman–Crippen LogP) is 0.981. The molecular formula is C10H20N2O. The van der Waals surface area contributed by atoms with Crippen LogP contribution in [0.5, 0.6) is 0 Å². The van der Waals surface area contributed by atoms with Crippen molar-refractivity contribution in [3.8, 4) is 0 Å². The van der Waals surface area contributed by atoms with Crippen molar-refractivity contribution in [2.24, 2.45) is 11.7 Å². The van der Waals surface area contributed by atoms with Crippen molar-refractivity contribution in [3.63, 3.8) is 0 Å². The van der Waals surface area contributed by atoms with Crippen LogP contribution in [0, 0.1) is 5.92 Å².